The van der Waals surface area contributed by atoms with E-state index >= 15 is 0 Å². The Bertz CT molecular complexity index is 362. The Morgan fingerprint density at radius 1 is 1.33 bits per heavy atom. The molecule has 0 radical (unpaired) electrons. The Morgan fingerprint density at radius 3 is 2.72 bits per heavy atom. The molecule has 1 heterocycles. The standard InChI is InChI=1S/C14H26N4/c1-3-4-11(9-10-15)5-8-13-16-14(12-6-7-12)17-18(13)2/h11-12H,3-10,15H2,1-2H3. The molecule has 0 aliphatic heterocycles. The van der Waals surface area contributed by atoms with Crippen molar-refractivity contribution < 1.29 is 0 Å². The molecule has 0 amide bonds. The fourth-order valence-corrected chi connectivity index (χ4v) is 2.58. The van der Waals surface area contributed by atoms with E-state index in [1.807, 2.05) is 11.7 Å². The average molecular weight is 250 g/mol. The van der Waals surface area contributed by atoms with Gasteiger partial charge < -0.3 is 5.73 Å². The maximum Gasteiger partial charge on any atom is 0.154 e. The molecule has 4 nitrogen and oxygen atoms in total. The van der Waals surface area contributed by atoms with Crippen molar-refractivity contribution in [1.82, 2.24) is 14.8 Å². The summed E-state index contributed by atoms with van der Waals surface area (Å²) in [7, 11) is 2.02. The van der Waals surface area contributed by atoms with Gasteiger partial charge in [-0.2, -0.15) is 5.10 Å². The van der Waals surface area contributed by atoms with Crippen molar-refractivity contribution in [3.63, 3.8) is 0 Å². The second-order valence-corrected chi connectivity index (χ2v) is 5.55. The lowest BCUT2D eigenvalue weighted by Gasteiger charge is -2.14. The molecule has 18 heavy (non-hydrogen) atoms. The largest absolute Gasteiger partial charge is 0.330 e. The molecule has 1 aromatic heterocycles. The van der Waals surface area contributed by atoms with Gasteiger partial charge in [0, 0.05) is 19.4 Å². The molecule has 0 spiro atoms. The van der Waals surface area contributed by atoms with Gasteiger partial charge in [0.05, 0.1) is 0 Å². The van der Waals surface area contributed by atoms with E-state index in [0.29, 0.717) is 5.92 Å². The van der Waals surface area contributed by atoms with Crippen LogP contribution in [0.2, 0.25) is 0 Å². The topological polar surface area (TPSA) is 56.7 Å². The summed E-state index contributed by atoms with van der Waals surface area (Å²) in [6.07, 6.45) is 8.45. The molecule has 1 atom stereocenters. The first-order chi connectivity index (χ1) is 8.74. The zero-order valence-corrected chi connectivity index (χ0v) is 11.7. The second-order valence-electron chi connectivity index (χ2n) is 5.55. The molecule has 102 valence electrons. The molecule has 1 aliphatic rings. The van der Waals surface area contributed by atoms with Crippen LogP contribution in [0.25, 0.3) is 0 Å². The molecular weight excluding hydrogens is 224 g/mol. The van der Waals surface area contributed by atoms with Gasteiger partial charge in [0.15, 0.2) is 5.82 Å². The Hall–Kier alpha value is -0.900. The predicted molar refractivity (Wildman–Crippen MR) is 73.4 cm³/mol. The molecule has 4 heteroatoms. The first-order valence-corrected chi connectivity index (χ1v) is 7.34. The second kappa shape index (κ2) is 6.32. The summed E-state index contributed by atoms with van der Waals surface area (Å²) in [6.45, 7) is 3.05. The lowest BCUT2D eigenvalue weighted by molar-refractivity contribution is 0.414. The van der Waals surface area contributed by atoms with Crippen LogP contribution in [0.5, 0.6) is 0 Å². The first kappa shape index (κ1) is 13.5. The molecule has 0 saturated heterocycles. The summed E-state index contributed by atoms with van der Waals surface area (Å²) in [5, 5.41) is 4.52. The van der Waals surface area contributed by atoms with Gasteiger partial charge in [-0.15, -0.1) is 0 Å². The number of rotatable bonds is 8. The highest BCUT2D eigenvalue weighted by Crippen LogP contribution is 2.38. The van der Waals surface area contributed by atoms with Crippen molar-refractivity contribution in [2.45, 2.75) is 57.8 Å². The predicted octanol–water partition coefficient (Wildman–Crippen LogP) is 2.39. The van der Waals surface area contributed by atoms with Crippen molar-refractivity contribution in [2.75, 3.05) is 6.54 Å². The summed E-state index contributed by atoms with van der Waals surface area (Å²) in [6, 6.07) is 0. The molecule has 1 aliphatic carbocycles. The van der Waals surface area contributed by atoms with E-state index in [1.54, 1.807) is 0 Å². The van der Waals surface area contributed by atoms with Crippen molar-refractivity contribution >= 4 is 0 Å². The van der Waals surface area contributed by atoms with Gasteiger partial charge >= 0.3 is 0 Å². The molecule has 2 N–H and O–H groups in total. The van der Waals surface area contributed by atoms with Gasteiger partial charge in [-0.3, -0.25) is 4.68 Å². The van der Waals surface area contributed by atoms with Gasteiger partial charge in [-0.05, 0) is 38.1 Å². The minimum Gasteiger partial charge on any atom is -0.330 e. The highest BCUT2D eigenvalue weighted by atomic mass is 15.3. The fraction of sp³-hybridized carbons (Fsp3) is 0.857. The summed E-state index contributed by atoms with van der Waals surface area (Å²) >= 11 is 0. The van der Waals surface area contributed by atoms with Crippen molar-refractivity contribution in [2.24, 2.45) is 18.7 Å². The average Bonchev–Trinajstić information content (AvgIpc) is 3.12. The van der Waals surface area contributed by atoms with E-state index in [-0.39, 0.29) is 0 Å². The lowest BCUT2D eigenvalue weighted by atomic mass is 9.94. The Kier molecular flexibility index (Phi) is 4.75. The molecule has 1 fully saturated rings. The van der Waals surface area contributed by atoms with Crippen LogP contribution in [0.1, 0.15) is 63.0 Å². The van der Waals surface area contributed by atoms with E-state index < -0.39 is 0 Å². The van der Waals surface area contributed by atoms with Crippen LogP contribution < -0.4 is 5.73 Å². The molecule has 1 aromatic rings. The lowest BCUT2D eigenvalue weighted by Crippen LogP contribution is -2.11. The van der Waals surface area contributed by atoms with Gasteiger partial charge in [0.25, 0.3) is 0 Å². The SMILES string of the molecule is CCCC(CCN)CCc1nc(C2CC2)nn1C. The van der Waals surface area contributed by atoms with E-state index in [0.717, 1.165) is 37.0 Å². The van der Waals surface area contributed by atoms with Crippen LogP contribution in [0.15, 0.2) is 0 Å². The summed E-state index contributed by atoms with van der Waals surface area (Å²) in [5.41, 5.74) is 5.68. The smallest absolute Gasteiger partial charge is 0.154 e. The summed E-state index contributed by atoms with van der Waals surface area (Å²) < 4.78 is 1.97. The number of nitrogens with zero attached hydrogens (tertiary/aromatic N) is 3. The van der Waals surface area contributed by atoms with Gasteiger partial charge in [0.1, 0.15) is 5.82 Å². The van der Waals surface area contributed by atoms with E-state index in [2.05, 4.69) is 17.0 Å². The van der Waals surface area contributed by atoms with E-state index in [4.69, 9.17) is 5.73 Å². The molecule has 0 bridgehead atoms. The molecule has 0 aromatic carbocycles. The normalized spacial score (nSPS) is 17.1. The van der Waals surface area contributed by atoms with Crippen molar-refractivity contribution in [3.8, 4) is 0 Å². The third-order valence-corrected chi connectivity index (χ3v) is 3.86. The Morgan fingerprint density at radius 2 is 2.11 bits per heavy atom. The molecule has 1 saturated carbocycles. The summed E-state index contributed by atoms with van der Waals surface area (Å²) in [4.78, 5) is 4.68. The Labute approximate surface area is 110 Å². The van der Waals surface area contributed by atoms with Crippen LogP contribution in [0.4, 0.5) is 0 Å². The first-order valence-electron chi connectivity index (χ1n) is 7.34. The number of hydrogen-bond donors (Lipinski definition) is 1. The fourth-order valence-electron chi connectivity index (χ4n) is 2.58. The van der Waals surface area contributed by atoms with Crippen LogP contribution in [0, 0.1) is 5.92 Å². The molecular formula is C14H26N4. The quantitative estimate of drug-likeness (QED) is 0.770. The van der Waals surface area contributed by atoms with E-state index in [9.17, 15) is 0 Å². The summed E-state index contributed by atoms with van der Waals surface area (Å²) in [5.74, 6) is 3.62. The number of hydrogen-bond acceptors (Lipinski definition) is 3. The van der Waals surface area contributed by atoms with E-state index in [1.165, 1.54) is 32.1 Å². The highest BCUT2D eigenvalue weighted by molar-refractivity contribution is 5.06. The zero-order valence-electron chi connectivity index (χ0n) is 11.7. The minimum atomic E-state index is 0.653. The van der Waals surface area contributed by atoms with Gasteiger partial charge in [0.2, 0.25) is 0 Å². The van der Waals surface area contributed by atoms with Crippen LogP contribution in [-0.4, -0.2) is 21.3 Å². The Balaban J connectivity index is 1.87. The van der Waals surface area contributed by atoms with Gasteiger partial charge in [-0.1, -0.05) is 19.8 Å². The van der Waals surface area contributed by atoms with Gasteiger partial charge in [-0.25, -0.2) is 4.98 Å². The zero-order chi connectivity index (χ0) is 13.0. The number of aryl methyl sites for hydroxylation is 2. The minimum absolute atomic E-state index is 0.653. The molecule has 2 rings (SSSR count). The van der Waals surface area contributed by atoms with Crippen LogP contribution in [0.3, 0.4) is 0 Å². The van der Waals surface area contributed by atoms with Crippen molar-refractivity contribution in [1.29, 1.82) is 0 Å². The maximum atomic E-state index is 5.68. The van der Waals surface area contributed by atoms with Crippen LogP contribution >= 0.6 is 0 Å². The molecule has 1 unspecified atom stereocenters. The third-order valence-electron chi connectivity index (χ3n) is 3.86. The number of nitrogens with two attached hydrogens (primary N) is 1. The number of aromatic nitrogens is 3. The monoisotopic (exact) mass is 250 g/mol. The van der Waals surface area contributed by atoms with Crippen LogP contribution in [-0.2, 0) is 13.5 Å². The maximum absolute atomic E-state index is 5.68. The highest BCUT2D eigenvalue weighted by Gasteiger charge is 2.28. The van der Waals surface area contributed by atoms with Crippen molar-refractivity contribution in [3.05, 3.63) is 11.6 Å². The third kappa shape index (κ3) is 3.55.